The average Bonchev–Trinajstić information content (AvgIpc) is 3.15. The number of allylic oxidation sites excluding steroid dienone is 1. The van der Waals surface area contributed by atoms with Crippen molar-refractivity contribution in [3.05, 3.63) is 40.6 Å². The quantitative estimate of drug-likeness (QED) is 0.807. The molecule has 0 aromatic heterocycles. The van der Waals surface area contributed by atoms with Crippen molar-refractivity contribution in [1.29, 1.82) is 0 Å². The molecular weight excluding hydrogens is 218 g/mol. The van der Waals surface area contributed by atoms with Gasteiger partial charge in [-0.05, 0) is 80.0 Å². The van der Waals surface area contributed by atoms with E-state index in [1.54, 1.807) is 11.1 Å². The van der Waals surface area contributed by atoms with Crippen molar-refractivity contribution in [2.75, 3.05) is 5.32 Å². The van der Waals surface area contributed by atoms with Gasteiger partial charge < -0.3 is 5.32 Å². The Hall–Kier alpha value is -1.24. The number of hydrogen-bond acceptors (Lipinski definition) is 1. The van der Waals surface area contributed by atoms with Gasteiger partial charge in [-0.1, -0.05) is 11.6 Å². The maximum Gasteiger partial charge on any atom is 0.0420 e. The van der Waals surface area contributed by atoms with E-state index in [2.05, 4.69) is 37.5 Å². The van der Waals surface area contributed by atoms with Gasteiger partial charge >= 0.3 is 0 Å². The summed E-state index contributed by atoms with van der Waals surface area (Å²) in [6.07, 6.45) is 7.81. The van der Waals surface area contributed by atoms with Crippen molar-refractivity contribution >= 4 is 5.69 Å². The molecule has 0 amide bonds. The van der Waals surface area contributed by atoms with Gasteiger partial charge in [0.2, 0.25) is 0 Å². The molecule has 1 heterocycles. The van der Waals surface area contributed by atoms with Gasteiger partial charge in [-0.2, -0.15) is 0 Å². The molecule has 1 nitrogen and oxygen atoms in total. The van der Waals surface area contributed by atoms with E-state index in [9.17, 15) is 0 Å². The molecule has 2 unspecified atom stereocenters. The van der Waals surface area contributed by atoms with Crippen LogP contribution in [0.1, 0.15) is 48.8 Å². The van der Waals surface area contributed by atoms with Crippen molar-refractivity contribution < 1.29 is 0 Å². The van der Waals surface area contributed by atoms with Gasteiger partial charge in [-0.3, -0.25) is 0 Å². The predicted molar refractivity (Wildman–Crippen MR) is 75.8 cm³/mol. The number of rotatable bonds is 2. The summed E-state index contributed by atoms with van der Waals surface area (Å²) in [6.45, 7) is 4.50. The van der Waals surface area contributed by atoms with Gasteiger partial charge in [0, 0.05) is 11.9 Å². The fourth-order valence-electron chi connectivity index (χ4n) is 3.55. The smallest absolute Gasteiger partial charge is 0.0420 e. The maximum atomic E-state index is 3.55. The van der Waals surface area contributed by atoms with E-state index < -0.39 is 0 Å². The molecule has 0 saturated heterocycles. The topological polar surface area (TPSA) is 12.0 Å². The summed E-state index contributed by atoms with van der Waals surface area (Å²) in [5.74, 6) is 2.60. The molecule has 18 heavy (non-hydrogen) atoms. The van der Waals surface area contributed by atoms with Gasteiger partial charge in [0.1, 0.15) is 0 Å². The third kappa shape index (κ3) is 1.68. The number of nitrogens with one attached hydrogen (secondary N) is 1. The Kier molecular flexibility index (Phi) is 2.15. The molecule has 4 rings (SSSR count). The molecule has 2 saturated carbocycles. The second-order valence-corrected chi connectivity index (χ2v) is 6.51. The molecule has 0 radical (unpaired) electrons. The van der Waals surface area contributed by atoms with Crippen LogP contribution in [0, 0.1) is 18.8 Å². The standard InChI is InChI=1S/C17H21N/c1-10-5-13(7-12-3-4-12)17-15-8-14(15)11(2)9-18-16(17)6-10/h5-6,9,12,14-15,18H,3-4,7-8H2,1-2H3. The van der Waals surface area contributed by atoms with Crippen LogP contribution in [0.3, 0.4) is 0 Å². The molecule has 3 aliphatic rings. The highest BCUT2D eigenvalue weighted by Crippen LogP contribution is 2.56. The third-order valence-corrected chi connectivity index (χ3v) is 4.82. The second kappa shape index (κ2) is 3.63. The van der Waals surface area contributed by atoms with Crippen LogP contribution in [0.5, 0.6) is 0 Å². The van der Waals surface area contributed by atoms with Crippen molar-refractivity contribution in [3.63, 3.8) is 0 Å². The van der Waals surface area contributed by atoms with Crippen LogP contribution in [0.4, 0.5) is 5.69 Å². The van der Waals surface area contributed by atoms with Crippen molar-refractivity contribution in [2.24, 2.45) is 11.8 Å². The Morgan fingerprint density at radius 3 is 2.78 bits per heavy atom. The normalized spacial score (nSPS) is 28.7. The minimum absolute atomic E-state index is 0.806. The van der Waals surface area contributed by atoms with Crippen LogP contribution >= 0.6 is 0 Å². The molecule has 94 valence electrons. The molecule has 2 aliphatic carbocycles. The molecule has 2 atom stereocenters. The molecule has 1 aromatic rings. The van der Waals surface area contributed by atoms with Crippen LogP contribution < -0.4 is 5.32 Å². The number of anilines is 1. The summed E-state index contributed by atoms with van der Waals surface area (Å²) in [7, 11) is 0. The summed E-state index contributed by atoms with van der Waals surface area (Å²) in [5, 5.41) is 3.55. The Labute approximate surface area is 109 Å². The van der Waals surface area contributed by atoms with E-state index in [0.717, 1.165) is 17.8 Å². The second-order valence-electron chi connectivity index (χ2n) is 6.51. The average molecular weight is 239 g/mol. The Morgan fingerprint density at radius 2 is 2.00 bits per heavy atom. The van der Waals surface area contributed by atoms with Crippen molar-refractivity contribution in [2.45, 2.75) is 45.4 Å². The zero-order chi connectivity index (χ0) is 12.3. The van der Waals surface area contributed by atoms with Gasteiger partial charge in [-0.25, -0.2) is 0 Å². The van der Waals surface area contributed by atoms with E-state index in [1.165, 1.54) is 42.5 Å². The first-order valence-electron chi connectivity index (χ1n) is 7.29. The minimum Gasteiger partial charge on any atom is -0.361 e. The van der Waals surface area contributed by atoms with Crippen molar-refractivity contribution in [3.8, 4) is 0 Å². The molecular formula is C17H21N. The predicted octanol–water partition coefficient (Wildman–Crippen LogP) is 4.38. The van der Waals surface area contributed by atoms with Gasteiger partial charge in [0.25, 0.3) is 0 Å². The first kappa shape index (κ1) is 10.7. The van der Waals surface area contributed by atoms with E-state index in [1.807, 2.05) is 0 Å². The SMILES string of the molecule is CC1=CNc2cc(C)cc(CC3CC3)c2C2CC12. The highest BCUT2D eigenvalue weighted by Gasteiger charge is 2.43. The van der Waals surface area contributed by atoms with Gasteiger partial charge in [0.15, 0.2) is 0 Å². The first-order chi connectivity index (χ1) is 8.72. The fourth-order valence-corrected chi connectivity index (χ4v) is 3.55. The first-order valence-corrected chi connectivity index (χ1v) is 7.29. The lowest BCUT2D eigenvalue weighted by Crippen LogP contribution is -2.00. The number of fused-ring (bicyclic) bond motifs is 3. The molecule has 2 fully saturated rings. The fraction of sp³-hybridized carbons (Fsp3) is 0.529. The lowest BCUT2D eigenvalue weighted by atomic mass is 9.93. The van der Waals surface area contributed by atoms with Crippen LogP contribution in [0.25, 0.3) is 0 Å². The van der Waals surface area contributed by atoms with E-state index in [4.69, 9.17) is 0 Å². The molecule has 1 aromatic carbocycles. The van der Waals surface area contributed by atoms with Crippen LogP contribution in [0.15, 0.2) is 23.9 Å². The van der Waals surface area contributed by atoms with E-state index >= 15 is 0 Å². The Balaban J connectivity index is 1.80. The summed E-state index contributed by atoms with van der Waals surface area (Å²) >= 11 is 0. The maximum absolute atomic E-state index is 3.55. The van der Waals surface area contributed by atoms with Crippen LogP contribution in [0.2, 0.25) is 0 Å². The highest BCUT2D eigenvalue weighted by atomic mass is 14.9. The van der Waals surface area contributed by atoms with Gasteiger partial charge in [-0.15, -0.1) is 0 Å². The van der Waals surface area contributed by atoms with E-state index in [-0.39, 0.29) is 0 Å². The number of hydrogen-bond donors (Lipinski definition) is 1. The Morgan fingerprint density at radius 1 is 1.17 bits per heavy atom. The van der Waals surface area contributed by atoms with Crippen molar-refractivity contribution in [1.82, 2.24) is 0 Å². The van der Waals surface area contributed by atoms with E-state index in [0.29, 0.717) is 0 Å². The summed E-state index contributed by atoms with van der Waals surface area (Å²) in [5.41, 5.74) is 7.60. The lowest BCUT2D eigenvalue weighted by molar-refractivity contribution is 0.812. The number of benzene rings is 1. The number of aryl methyl sites for hydroxylation is 1. The highest BCUT2D eigenvalue weighted by molar-refractivity contribution is 5.64. The van der Waals surface area contributed by atoms with Crippen LogP contribution in [-0.4, -0.2) is 0 Å². The monoisotopic (exact) mass is 239 g/mol. The molecule has 1 heteroatoms. The third-order valence-electron chi connectivity index (χ3n) is 4.82. The Bertz CT molecular complexity index is 537. The summed E-state index contributed by atoms with van der Waals surface area (Å²) in [6, 6.07) is 4.77. The summed E-state index contributed by atoms with van der Waals surface area (Å²) in [4.78, 5) is 0. The zero-order valence-corrected chi connectivity index (χ0v) is 11.3. The molecule has 1 aliphatic heterocycles. The molecule has 0 bridgehead atoms. The largest absolute Gasteiger partial charge is 0.361 e. The molecule has 0 spiro atoms. The zero-order valence-electron chi connectivity index (χ0n) is 11.3. The molecule has 1 N–H and O–H groups in total. The van der Waals surface area contributed by atoms with Gasteiger partial charge in [0.05, 0.1) is 0 Å². The van der Waals surface area contributed by atoms with Crippen LogP contribution in [-0.2, 0) is 6.42 Å². The summed E-state index contributed by atoms with van der Waals surface area (Å²) < 4.78 is 0. The minimum atomic E-state index is 0.806. The lowest BCUT2D eigenvalue weighted by Gasteiger charge is -2.15.